The highest BCUT2D eigenvalue weighted by Gasteiger charge is 2.06. The van der Waals surface area contributed by atoms with E-state index in [1.54, 1.807) is 36.6 Å². The molecule has 0 unspecified atom stereocenters. The van der Waals surface area contributed by atoms with Crippen LogP contribution in [0.25, 0.3) is 0 Å². The molecule has 0 saturated carbocycles. The van der Waals surface area contributed by atoms with Crippen LogP contribution in [0, 0.1) is 5.82 Å². The van der Waals surface area contributed by atoms with E-state index in [1.165, 1.54) is 6.07 Å². The van der Waals surface area contributed by atoms with Crippen LogP contribution in [-0.4, -0.2) is 16.8 Å². The summed E-state index contributed by atoms with van der Waals surface area (Å²) in [5.41, 5.74) is 5.00. The zero-order chi connectivity index (χ0) is 15.8. The highest BCUT2D eigenvalue weighted by atomic mass is 32.2. The quantitative estimate of drug-likeness (QED) is 0.441. The number of amides is 1. The number of carbonyl (C=O) groups excluding carboxylic acids is 1. The number of thioether (sulfide) groups is 1. The first-order valence-corrected chi connectivity index (χ1v) is 7.77. The van der Waals surface area contributed by atoms with E-state index < -0.39 is 0 Å². The maximum Gasteiger partial charge on any atom is 0.248 e. The molecule has 1 aromatic heterocycles. The Bertz CT molecular complexity index is 635. The van der Waals surface area contributed by atoms with E-state index in [0.717, 1.165) is 17.5 Å². The summed E-state index contributed by atoms with van der Waals surface area (Å²) in [5, 5.41) is 3.13. The van der Waals surface area contributed by atoms with Gasteiger partial charge in [0.05, 0.1) is 18.6 Å². The van der Waals surface area contributed by atoms with Crippen molar-refractivity contribution in [1.82, 2.24) is 16.2 Å². The summed E-state index contributed by atoms with van der Waals surface area (Å²) in [6, 6.07) is 9.87. The molecule has 0 saturated heterocycles. The van der Waals surface area contributed by atoms with Crippen molar-refractivity contribution in [1.29, 1.82) is 0 Å². The average molecular weight is 339 g/mol. The van der Waals surface area contributed by atoms with Crippen molar-refractivity contribution in [2.45, 2.75) is 11.4 Å². The van der Waals surface area contributed by atoms with Crippen LogP contribution in [-0.2, 0) is 11.3 Å². The summed E-state index contributed by atoms with van der Waals surface area (Å²) in [6.45, 7) is 0.415. The molecule has 0 aliphatic rings. The van der Waals surface area contributed by atoms with Gasteiger partial charge in [0, 0.05) is 4.90 Å². The second kappa shape index (κ2) is 8.40. The van der Waals surface area contributed by atoms with Crippen molar-refractivity contribution in [3.63, 3.8) is 0 Å². The zero-order valence-electron chi connectivity index (χ0n) is 11.5. The third-order valence-corrected chi connectivity index (χ3v) is 3.81. The molecule has 1 aromatic carbocycles. The normalized spacial score (nSPS) is 10.0. The zero-order valence-corrected chi connectivity index (χ0v) is 13.1. The first-order valence-electron chi connectivity index (χ1n) is 6.37. The van der Waals surface area contributed by atoms with Crippen molar-refractivity contribution in [3.8, 4) is 0 Å². The Kier molecular flexibility index (Phi) is 6.23. The lowest BCUT2D eigenvalue weighted by atomic mass is 10.3. The molecule has 2 rings (SSSR count). The van der Waals surface area contributed by atoms with Crippen LogP contribution in [0.15, 0.2) is 52.0 Å². The van der Waals surface area contributed by atoms with Gasteiger partial charge in [-0.3, -0.25) is 15.6 Å². The van der Waals surface area contributed by atoms with Gasteiger partial charge < -0.3 is 9.73 Å². The topological polar surface area (TPSA) is 66.3 Å². The molecule has 0 aliphatic heterocycles. The lowest BCUT2D eigenvalue weighted by Crippen LogP contribution is -2.47. The molecule has 8 heteroatoms. The molecule has 1 heterocycles. The van der Waals surface area contributed by atoms with Crippen molar-refractivity contribution >= 4 is 35.0 Å². The molecule has 0 radical (unpaired) electrons. The third-order valence-electron chi connectivity index (χ3n) is 2.51. The maximum absolute atomic E-state index is 13.4. The first-order chi connectivity index (χ1) is 10.6. The Hall–Kier alpha value is -2.06. The molecular formula is C14H14FN3O2S2. The number of rotatable bonds is 5. The summed E-state index contributed by atoms with van der Waals surface area (Å²) in [5.74, 6) is 0.152. The van der Waals surface area contributed by atoms with Gasteiger partial charge in [-0.25, -0.2) is 4.39 Å². The lowest BCUT2D eigenvalue weighted by molar-refractivity contribution is -0.119. The SMILES string of the molecule is O=C(CSc1ccccc1F)NNC(=S)NCc1ccco1. The second-order valence-corrected chi connectivity index (χ2v) is 5.58. The largest absolute Gasteiger partial charge is 0.467 e. The van der Waals surface area contributed by atoms with Crippen LogP contribution >= 0.6 is 24.0 Å². The van der Waals surface area contributed by atoms with Crippen LogP contribution in [0.2, 0.25) is 0 Å². The van der Waals surface area contributed by atoms with E-state index in [9.17, 15) is 9.18 Å². The van der Waals surface area contributed by atoms with E-state index >= 15 is 0 Å². The van der Waals surface area contributed by atoms with Gasteiger partial charge in [0.1, 0.15) is 11.6 Å². The minimum Gasteiger partial charge on any atom is -0.467 e. The van der Waals surface area contributed by atoms with Crippen LogP contribution < -0.4 is 16.2 Å². The van der Waals surface area contributed by atoms with Gasteiger partial charge in [-0.2, -0.15) is 0 Å². The number of carbonyl (C=O) groups is 1. The number of hydrazine groups is 1. The van der Waals surface area contributed by atoms with E-state index in [-0.39, 0.29) is 22.6 Å². The number of furan rings is 1. The van der Waals surface area contributed by atoms with Gasteiger partial charge >= 0.3 is 0 Å². The predicted molar refractivity (Wildman–Crippen MR) is 86.5 cm³/mol. The molecule has 0 atom stereocenters. The molecule has 2 aromatic rings. The minimum atomic E-state index is -0.344. The van der Waals surface area contributed by atoms with Gasteiger partial charge in [0.2, 0.25) is 5.91 Å². The number of halogens is 1. The summed E-state index contributed by atoms with van der Waals surface area (Å²) >= 11 is 6.11. The molecule has 1 amide bonds. The Morgan fingerprint density at radius 2 is 2.05 bits per heavy atom. The number of hydrogen-bond acceptors (Lipinski definition) is 4. The molecule has 22 heavy (non-hydrogen) atoms. The van der Waals surface area contributed by atoms with E-state index in [0.29, 0.717) is 11.4 Å². The summed E-state index contributed by atoms with van der Waals surface area (Å²) in [6.07, 6.45) is 1.56. The van der Waals surface area contributed by atoms with Crippen molar-refractivity contribution in [2.75, 3.05) is 5.75 Å². The summed E-state index contributed by atoms with van der Waals surface area (Å²) in [7, 11) is 0. The van der Waals surface area contributed by atoms with E-state index in [1.807, 2.05) is 0 Å². The van der Waals surface area contributed by atoms with Crippen LogP contribution in [0.3, 0.4) is 0 Å². The number of hydrogen-bond donors (Lipinski definition) is 3. The Morgan fingerprint density at radius 1 is 1.23 bits per heavy atom. The lowest BCUT2D eigenvalue weighted by Gasteiger charge is -2.10. The van der Waals surface area contributed by atoms with Gasteiger partial charge in [0.15, 0.2) is 5.11 Å². The molecule has 0 spiro atoms. The molecule has 5 nitrogen and oxygen atoms in total. The fraction of sp³-hybridized carbons (Fsp3) is 0.143. The number of benzene rings is 1. The minimum absolute atomic E-state index is 0.0781. The monoisotopic (exact) mass is 339 g/mol. The Balaban J connectivity index is 1.65. The Morgan fingerprint density at radius 3 is 2.77 bits per heavy atom. The van der Waals surface area contributed by atoms with Gasteiger partial charge in [-0.1, -0.05) is 12.1 Å². The summed E-state index contributed by atoms with van der Waals surface area (Å²) < 4.78 is 18.5. The van der Waals surface area contributed by atoms with E-state index in [2.05, 4.69) is 16.2 Å². The number of nitrogens with one attached hydrogen (secondary N) is 3. The standard InChI is InChI=1S/C14H14FN3O2S2/c15-11-5-1-2-6-12(11)22-9-13(19)17-18-14(21)16-8-10-4-3-7-20-10/h1-7H,8-9H2,(H,17,19)(H2,16,18,21). The molecular weight excluding hydrogens is 325 g/mol. The molecule has 116 valence electrons. The van der Waals surface area contributed by atoms with Crippen LogP contribution in [0.1, 0.15) is 5.76 Å². The van der Waals surface area contributed by atoms with Gasteiger partial charge in [0.25, 0.3) is 0 Å². The van der Waals surface area contributed by atoms with Crippen molar-refractivity contribution < 1.29 is 13.6 Å². The fourth-order valence-electron chi connectivity index (χ4n) is 1.49. The smallest absolute Gasteiger partial charge is 0.248 e. The van der Waals surface area contributed by atoms with Crippen molar-refractivity contribution in [2.24, 2.45) is 0 Å². The third kappa shape index (κ3) is 5.38. The first kappa shape index (κ1) is 16.3. The molecule has 3 N–H and O–H groups in total. The molecule has 0 fully saturated rings. The number of thiocarbonyl (C=S) groups is 1. The molecule has 0 aliphatic carbocycles. The van der Waals surface area contributed by atoms with Gasteiger partial charge in [-0.05, 0) is 36.5 Å². The second-order valence-electron chi connectivity index (χ2n) is 4.15. The van der Waals surface area contributed by atoms with E-state index in [4.69, 9.17) is 16.6 Å². The highest BCUT2D eigenvalue weighted by Crippen LogP contribution is 2.20. The average Bonchev–Trinajstić information content (AvgIpc) is 3.03. The Labute approximate surface area is 136 Å². The summed E-state index contributed by atoms with van der Waals surface area (Å²) in [4.78, 5) is 12.1. The van der Waals surface area contributed by atoms with Crippen LogP contribution in [0.4, 0.5) is 4.39 Å². The highest BCUT2D eigenvalue weighted by molar-refractivity contribution is 8.00. The fourth-order valence-corrected chi connectivity index (χ4v) is 2.36. The van der Waals surface area contributed by atoms with Gasteiger partial charge in [-0.15, -0.1) is 11.8 Å². The van der Waals surface area contributed by atoms with Crippen molar-refractivity contribution in [3.05, 3.63) is 54.2 Å². The predicted octanol–water partition coefficient (Wildman–Crippen LogP) is 2.21. The molecule has 0 bridgehead atoms. The maximum atomic E-state index is 13.4. The van der Waals surface area contributed by atoms with Crippen LogP contribution in [0.5, 0.6) is 0 Å².